The molecule has 0 N–H and O–H groups in total. The van der Waals surface area contributed by atoms with Gasteiger partial charge in [-0.05, 0) is 18.4 Å². The van der Waals surface area contributed by atoms with Crippen LogP contribution < -0.4 is 0 Å². The van der Waals surface area contributed by atoms with Crippen molar-refractivity contribution >= 4 is 5.91 Å². The van der Waals surface area contributed by atoms with Gasteiger partial charge < -0.3 is 9.64 Å². The molecule has 0 spiro atoms. The number of amides is 1. The number of β-lactam (4-membered cyclic amide) rings is 1. The first kappa shape index (κ1) is 9.66. The maximum absolute atomic E-state index is 12.2. The van der Waals surface area contributed by atoms with Gasteiger partial charge in [0.15, 0.2) is 0 Å². The van der Waals surface area contributed by atoms with Crippen molar-refractivity contribution in [2.24, 2.45) is 5.41 Å². The standard InChI is InChI=1S/C14H15NO2/c16-12-13-6-7-17-10-14(13,9-13)15(12)8-11-4-2-1-3-5-11/h1-5H,6-10H2. The predicted octanol–water partition coefficient (Wildman–Crippen LogP) is 1.58. The minimum Gasteiger partial charge on any atom is -0.379 e. The highest BCUT2D eigenvalue weighted by molar-refractivity contribution is 5.98. The fourth-order valence-corrected chi connectivity index (χ4v) is 3.65. The van der Waals surface area contributed by atoms with E-state index in [4.69, 9.17) is 4.74 Å². The molecule has 0 radical (unpaired) electrons. The van der Waals surface area contributed by atoms with Crippen LogP contribution in [-0.2, 0) is 16.1 Å². The van der Waals surface area contributed by atoms with E-state index in [-0.39, 0.29) is 11.0 Å². The van der Waals surface area contributed by atoms with Gasteiger partial charge in [0.2, 0.25) is 5.91 Å². The van der Waals surface area contributed by atoms with E-state index in [0.29, 0.717) is 5.91 Å². The average molecular weight is 229 g/mol. The third-order valence-electron chi connectivity index (χ3n) is 4.73. The van der Waals surface area contributed by atoms with Crippen molar-refractivity contribution in [3.63, 3.8) is 0 Å². The molecule has 3 heteroatoms. The quantitative estimate of drug-likeness (QED) is 0.721. The van der Waals surface area contributed by atoms with E-state index < -0.39 is 0 Å². The van der Waals surface area contributed by atoms with Crippen LogP contribution in [0.4, 0.5) is 0 Å². The summed E-state index contributed by atoms with van der Waals surface area (Å²) in [4.78, 5) is 14.3. The first-order valence-corrected chi connectivity index (χ1v) is 6.22. The van der Waals surface area contributed by atoms with Gasteiger partial charge in [-0.3, -0.25) is 4.79 Å². The molecule has 17 heavy (non-hydrogen) atoms. The Morgan fingerprint density at radius 1 is 1.29 bits per heavy atom. The number of hydrogen-bond acceptors (Lipinski definition) is 2. The van der Waals surface area contributed by atoms with Gasteiger partial charge in [0.1, 0.15) is 0 Å². The highest BCUT2D eigenvalue weighted by Crippen LogP contribution is 2.72. The summed E-state index contributed by atoms with van der Waals surface area (Å²) >= 11 is 0. The molecule has 0 bridgehead atoms. The molecule has 1 amide bonds. The molecule has 3 nitrogen and oxygen atoms in total. The molecule has 3 aliphatic rings. The summed E-state index contributed by atoms with van der Waals surface area (Å²) in [5.41, 5.74) is 1.26. The second-order valence-corrected chi connectivity index (χ2v) is 5.47. The number of nitrogens with zero attached hydrogens (tertiary/aromatic N) is 1. The molecule has 0 aromatic heterocycles. The zero-order valence-electron chi connectivity index (χ0n) is 9.69. The molecule has 2 atom stereocenters. The molecule has 2 heterocycles. The van der Waals surface area contributed by atoms with Crippen molar-refractivity contribution in [3.8, 4) is 0 Å². The maximum Gasteiger partial charge on any atom is 0.232 e. The summed E-state index contributed by atoms with van der Waals surface area (Å²) in [6.45, 7) is 2.24. The summed E-state index contributed by atoms with van der Waals surface area (Å²) in [5.74, 6) is 0.352. The van der Waals surface area contributed by atoms with Crippen LogP contribution in [0, 0.1) is 5.41 Å². The Labute approximate surface area is 100 Å². The number of likely N-dealkylation sites (tertiary alicyclic amines) is 1. The van der Waals surface area contributed by atoms with Crippen LogP contribution in [0.2, 0.25) is 0 Å². The topological polar surface area (TPSA) is 29.5 Å². The third kappa shape index (κ3) is 0.990. The van der Waals surface area contributed by atoms with Gasteiger partial charge in [0.25, 0.3) is 0 Å². The molecule has 1 aliphatic carbocycles. The van der Waals surface area contributed by atoms with Crippen LogP contribution in [0.5, 0.6) is 0 Å². The second-order valence-electron chi connectivity index (χ2n) is 5.47. The minimum atomic E-state index is -0.0139. The van der Waals surface area contributed by atoms with Gasteiger partial charge >= 0.3 is 0 Å². The SMILES string of the molecule is O=C1N(Cc2ccccc2)C23COCCC12C3. The van der Waals surface area contributed by atoms with Gasteiger partial charge in [-0.2, -0.15) is 0 Å². The predicted molar refractivity (Wildman–Crippen MR) is 62.2 cm³/mol. The van der Waals surface area contributed by atoms with Crippen molar-refractivity contribution in [2.45, 2.75) is 24.9 Å². The van der Waals surface area contributed by atoms with E-state index >= 15 is 0 Å². The highest BCUT2D eigenvalue weighted by Gasteiger charge is 2.85. The summed E-state index contributed by atoms with van der Waals surface area (Å²) in [7, 11) is 0. The lowest BCUT2D eigenvalue weighted by Crippen LogP contribution is -2.64. The lowest BCUT2D eigenvalue weighted by molar-refractivity contribution is -0.170. The van der Waals surface area contributed by atoms with E-state index in [9.17, 15) is 4.79 Å². The molecular formula is C14H15NO2. The van der Waals surface area contributed by atoms with Crippen molar-refractivity contribution in [1.29, 1.82) is 0 Å². The lowest BCUT2D eigenvalue weighted by Gasteiger charge is -2.48. The van der Waals surface area contributed by atoms with E-state index in [2.05, 4.69) is 12.1 Å². The Bertz CT molecular complexity index is 486. The summed E-state index contributed by atoms with van der Waals surface area (Å²) in [5, 5.41) is 0. The fourth-order valence-electron chi connectivity index (χ4n) is 3.65. The molecular weight excluding hydrogens is 214 g/mol. The van der Waals surface area contributed by atoms with Gasteiger partial charge in [0.05, 0.1) is 17.6 Å². The Balaban J connectivity index is 1.59. The van der Waals surface area contributed by atoms with Gasteiger partial charge in [-0.15, -0.1) is 0 Å². The lowest BCUT2D eigenvalue weighted by atomic mass is 9.83. The Morgan fingerprint density at radius 3 is 2.94 bits per heavy atom. The zero-order chi connectivity index (χ0) is 11.5. The minimum absolute atomic E-state index is 0.0139. The number of hydrogen-bond donors (Lipinski definition) is 0. The molecule has 2 saturated heterocycles. The van der Waals surface area contributed by atoms with Crippen molar-refractivity contribution in [3.05, 3.63) is 35.9 Å². The Morgan fingerprint density at radius 2 is 2.12 bits per heavy atom. The number of carbonyl (C=O) groups excluding carboxylic acids is 1. The monoisotopic (exact) mass is 229 g/mol. The van der Waals surface area contributed by atoms with E-state index in [1.165, 1.54) is 5.56 Å². The van der Waals surface area contributed by atoms with E-state index in [1.54, 1.807) is 0 Å². The number of rotatable bonds is 2. The van der Waals surface area contributed by atoms with Gasteiger partial charge in [-0.25, -0.2) is 0 Å². The molecule has 4 rings (SSSR count). The van der Waals surface area contributed by atoms with Crippen molar-refractivity contribution < 1.29 is 9.53 Å². The number of ether oxygens (including phenoxy) is 1. The molecule has 1 aromatic rings. The van der Waals surface area contributed by atoms with Crippen LogP contribution in [0.1, 0.15) is 18.4 Å². The van der Waals surface area contributed by atoms with Crippen LogP contribution in [-0.4, -0.2) is 29.6 Å². The van der Waals surface area contributed by atoms with Crippen molar-refractivity contribution in [1.82, 2.24) is 4.90 Å². The van der Waals surface area contributed by atoms with Crippen LogP contribution >= 0.6 is 0 Å². The molecule has 88 valence electrons. The second kappa shape index (κ2) is 2.91. The van der Waals surface area contributed by atoms with Crippen LogP contribution in [0.15, 0.2) is 30.3 Å². The number of carbonyl (C=O) groups is 1. The van der Waals surface area contributed by atoms with Crippen molar-refractivity contribution in [2.75, 3.05) is 13.2 Å². The molecule has 1 saturated carbocycles. The Kier molecular flexibility index (Phi) is 1.65. The fraction of sp³-hybridized carbons (Fsp3) is 0.500. The summed E-state index contributed by atoms with van der Waals surface area (Å²) < 4.78 is 5.57. The maximum atomic E-state index is 12.2. The largest absolute Gasteiger partial charge is 0.379 e. The molecule has 2 unspecified atom stereocenters. The molecule has 1 aromatic carbocycles. The van der Waals surface area contributed by atoms with Crippen LogP contribution in [0.25, 0.3) is 0 Å². The average Bonchev–Trinajstić information content (AvgIpc) is 3.04. The number of benzene rings is 1. The summed E-state index contributed by atoms with van der Waals surface area (Å²) in [6, 6.07) is 10.2. The zero-order valence-corrected chi connectivity index (χ0v) is 9.69. The molecule has 3 fully saturated rings. The summed E-state index contributed by atoms with van der Waals surface area (Å²) in [6.07, 6.45) is 1.95. The first-order valence-electron chi connectivity index (χ1n) is 6.22. The van der Waals surface area contributed by atoms with Crippen LogP contribution in [0.3, 0.4) is 0 Å². The first-order chi connectivity index (χ1) is 8.29. The van der Waals surface area contributed by atoms with E-state index in [1.807, 2.05) is 23.1 Å². The normalized spacial score (nSPS) is 38.1. The Hall–Kier alpha value is -1.35. The van der Waals surface area contributed by atoms with Gasteiger partial charge in [-0.1, -0.05) is 30.3 Å². The molecule has 2 aliphatic heterocycles. The smallest absolute Gasteiger partial charge is 0.232 e. The van der Waals surface area contributed by atoms with E-state index in [0.717, 1.165) is 32.6 Å². The van der Waals surface area contributed by atoms with Gasteiger partial charge in [0, 0.05) is 13.2 Å². The third-order valence-corrected chi connectivity index (χ3v) is 4.73. The highest BCUT2D eigenvalue weighted by atomic mass is 16.5.